The topological polar surface area (TPSA) is 38.7 Å². The van der Waals surface area contributed by atoms with Crippen LogP contribution in [0.15, 0.2) is 0 Å². The summed E-state index contributed by atoms with van der Waals surface area (Å²) in [6.45, 7) is 6.64. The Kier molecular flexibility index (Phi) is 3.88. The summed E-state index contributed by atoms with van der Waals surface area (Å²) >= 11 is 0. The van der Waals surface area contributed by atoms with Gasteiger partial charge < -0.3 is 14.6 Å². The lowest BCUT2D eigenvalue weighted by Gasteiger charge is -2.39. The summed E-state index contributed by atoms with van der Waals surface area (Å²) in [6, 6.07) is 0. The minimum Gasteiger partial charge on any atom is -0.393 e. The lowest BCUT2D eigenvalue weighted by atomic mass is 9.80. The fraction of sp³-hybridized carbons (Fsp3) is 1.00. The summed E-state index contributed by atoms with van der Waals surface area (Å²) in [7, 11) is 0. The molecule has 0 aromatic rings. The number of aliphatic hydroxyl groups is 1. The third kappa shape index (κ3) is 2.76. The van der Waals surface area contributed by atoms with Gasteiger partial charge in [0.15, 0.2) is 0 Å². The molecule has 1 spiro atoms. The van der Waals surface area contributed by atoms with E-state index in [1.807, 2.05) is 0 Å². The van der Waals surface area contributed by atoms with Crippen molar-refractivity contribution in [2.24, 2.45) is 11.8 Å². The highest BCUT2D eigenvalue weighted by Crippen LogP contribution is 2.37. The van der Waals surface area contributed by atoms with Crippen molar-refractivity contribution in [1.29, 1.82) is 0 Å². The molecule has 2 aliphatic heterocycles. The van der Waals surface area contributed by atoms with E-state index in [9.17, 15) is 5.11 Å². The first-order chi connectivity index (χ1) is 7.61. The number of ether oxygens (including phenoxy) is 2. The molecule has 2 aliphatic rings. The summed E-state index contributed by atoms with van der Waals surface area (Å²) in [5.74, 6) is 0.964. The summed E-state index contributed by atoms with van der Waals surface area (Å²) in [6.07, 6.45) is 3.71. The maximum atomic E-state index is 10.2. The molecule has 0 aromatic heterocycles. The van der Waals surface area contributed by atoms with Crippen LogP contribution in [0.5, 0.6) is 0 Å². The van der Waals surface area contributed by atoms with Gasteiger partial charge in [-0.3, -0.25) is 0 Å². The Morgan fingerprint density at radius 1 is 1.38 bits per heavy atom. The Morgan fingerprint density at radius 2 is 2.19 bits per heavy atom. The molecular weight excluding hydrogens is 204 g/mol. The van der Waals surface area contributed by atoms with Crippen LogP contribution in [0.25, 0.3) is 0 Å². The fourth-order valence-electron chi connectivity index (χ4n) is 2.93. The van der Waals surface area contributed by atoms with Crippen LogP contribution in [0, 0.1) is 11.8 Å². The summed E-state index contributed by atoms with van der Waals surface area (Å²) in [5, 5.41) is 10.2. The second-order valence-electron chi connectivity index (χ2n) is 5.78. The van der Waals surface area contributed by atoms with Crippen molar-refractivity contribution < 1.29 is 14.6 Å². The molecule has 2 heterocycles. The lowest BCUT2D eigenvalue weighted by Crippen LogP contribution is -2.43. The van der Waals surface area contributed by atoms with Gasteiger partial charge in [-0.15, -0.1) is 0 Å². The van der Waals surface area contributed by atoms with Gasteiger partial charge in [-0.1, -0.05) is 13.8 Å². The average molecular weight is 228 g/mol. The molecule has 2 saturated heterocycles. The first kappa shape index (κ1) is 12.3. The third-order valence-electron chi connectivity index (χ3n) is 3.86. The Labute approximate surface area is 98.1 Å². The molecular formula is C13H24O3. The normalized spacial score (nSPS) is 37.1. The van der Waals surface area contributed by atoms with Crippen LogP contribution in [0.2, 0.25) is 0 Å². The number of hydrogen-bond acceptors (Lipinski definition) is 3. The van der Waals surface area contributed by atoms with Gasteiger partial charge in [0.05, 0.1) is 18.3 Å². The largest absolute Gasteiger partial charge is 0.393 e. The molecule has 3 unspecified atom stereocenters. The van der Waals surface area contributed by atoms with Gasteiger partial charge in [-0.2, -0.15) is 0 Å². The van der Waals surface area contributed by atoms with Gasteiger partial charge in [0.1, 0.15) is 0 Å². The molecule has 0 aliphatic carbocycles. The van der Waals surface area contributed by atoms with Gasteiger partial charge in [0.25, 0.3) is 0 Å². The van der Waals surface area contributed by atoms with Crippen molar-refractivity contribution in [2.75, 3.05) is 19.8 Å². The van der Waals surface area contributed by atoms with Gasteiger partial charge in [-0.25, -0.2) is 0 Å². The number of rotatable bonds is 3. The van der Waals surface area contributed by atoms with E-state index in [0.29, 0.717) is 11.8 Å². The van der Waals surface area contributed by atoms with Crippen molar-refractivity contribution in [3.05, 3.63) is 0 Å². The van der Waals surface area contributed by atoms with Crippen LogP contribution in [0.4, 0.5) is 0 Å². The highest BCUT2D eigenvalue weighted by Gasteiger charge is 2.42. The van der Waals surface area contributed by atoms with E-state index in [1.165, 1.54) is 0 Å². The zero-order valence-corrected chi connectivity index (χ0v) is 10.4. The first-order valence-electron chi connectivity index (χ1n) is 6.51. The molecule has 0 bridgehead atoms. The van der Waals surface area contributed by atoms with E-state index in [0.717, 1.165) is 45.5 Å². The molecule has 94 valence electrons. The molecule has 0 radical (unpaired) electrons. The molecule has 16 heavy (non-hydrogen) atoms. The van der Waals surface area contributed by atoms with Crippen molar-refractivity contribution in [1.82, 2.24) is 0 Å². The maximum absolute atomic E-state index is 10.2. The fourth-order valence-corrected chi connectivity index (χ4v) is 2.93. The highest BCUT2D eigenvalue weighted by atomic mass is 16.6. The van der Waals surface area contributed by atoms with Crippen LogP contribution in [-0.4, -0.2) is 36.6 Å². The number of hydrogen-bond donors (Lipinski definition) is 1. The van der Waals surface area contributed by atoms with Crippen LogP contribution >= 0.6 is 0 Å². The molecule has 0 saturated carbocycles. The molecule has 2 fully saturated rings. The SMILES string of the molecule is CC(C)CC(O)C1CCOC2(CCOC2)C1. The lowest BCUT2D eigenvalue weighted by molar-refractivity contribution is -0.118. The minimum absolute atomic E-state index is 0.0686. The van der Waals surface area contributed by atoms with Crippen molar-refractivity contribution in [3.8, 4) is 0 Å². The Morgan fingerprint density at radius 3 is 2.81 bits per heavy atom. The zero-order chi connectivity index (χ0) is 11.6. The molecule has 1 N–H and O–H groups in total. The van der Waals surface area contributed by atoms with Gasteiger partial charge in [0.2, 0.25) is 0 Å². The van der Waals surface area contributed by atoms with Crippen LogP contribution in [-0.2, 0) is 9.47 Å². The molecule has 3 atom stereocenters. The average Bonchev–Trinajstić information content (AvgIpc) is 2.65. The highest BCUT2D eigenvalue weighted by molar-refractivity contribution is 4.92. The first-order valence-corrected chi connectivity index (χ1v) is 6.51. The molecule has 3 heteroatoms. The molecule has 3 nitrogen and oxygen atoms in total. The van der Waals surface area contributed by atoms with Crippen molar-refractivity contribution >= 4 is 0 Å². The van der Waals surface area contributed by atoms with Crippen LogP contribution in [0.3, 0.4) is 0 Å². The van der Waals surface area contributed by atoms with Crippen molar-refractivity contribution in [3.63, 3.8) is 0 Å². The van der Waals surface area contributed by atoms with Gasteiger partial charge in [-0.05, 0) is 31.1 Å². The second kappa shape index (κ2) is 5.03. The summed E-state index contributed by atoms with van der Waals surface area (Å²) in [5.41, 5.74) is -0.0686. The van der Waals surface area contributed by atoms with E-state index >= 15 is 0 Å². The smallest absolute Gasteiger partial charge is 0.0940 e. The van der Waals surface area contributed by atoms with E-state index in [1.54, 1.807) is 0 Å². The van der Waals surface area contributed by atoms with Crippen LogP contribution in [0.1, 0.15) is 39.5 Å². The Balaban J connectivity index is 1.90. The quantitative estimate of drug-likeness (QED) is 0.802. The van der Waals surface area contributed by atoms with E-state index < -0.39 is 0 Å². The maximum Gasteiger partial charge on any atom is 0.0940 e. The second-order valence-corrected chi connectivity index (χ2v) is 5.78. The zero-order valence-electron chi connectivity index (χ0n) is 10.4. The number of aliphatic hydroxyl groups excluding tert-OH is 1. The Hall–Kier alpha value is -0.120. The Bertz CT molecular complexity index is 221. The molecule has 2 rings (SSSR count). The third-order valence-corrected chi connectivity index (χ3v) is 3.86. The van der Waals surface area contributed by atoms with Crippen molar-refractivity contribution in [2.45, 2.75) is 51.2 Å². The van der Waals surface area contributed by atoms with Crippen LogP contribution < -0.4 is 0 Å². The standard InChI is InChI=1S/C13H24O3/c1-10(2)7-12(14)11-3-5-16-13(8-11)4-6-15-9-13/h10-12,14H,3-9H2,1-2H3. The van der Waals surface area contributed by atoms with Gasteiger partial charge in [0, 0.05) is 19.6 Å². The predicted octanol–water partition coefficient (Wildman–Crippen LogP) is 1.98. The predicted molar refractivity (Wildman–Crippen MR) is 62.3 cm³/mol. The molecule has 0 aromatic carbocycles. The van der Waals surface area contributed by atoms with Gasteiger partial charge >= 0.3 is 0 Å². The van der Waals surface area contributed by atoms with E-state index in [4.69, 9.17) is 9.47 Å². The summed E-state index contributed by atoms with van der Waals surface area (Å²) in [4.78, 5) is 0. The van der Waals surface area contributed by atoms with E-state index in [2.05, 4.69) is 13.8 Å². The minimum atomic E-state index is -0.165. The molecule has 0 amide bonds. The summed E-state index contributed by atoms with van der Waals surface area (Å²) < 4.78 is 11.3. The van der Waals surface area contributed by atoms with E-state index in [-0.39, 0.29) is 11.7 Å². The monoisotopic (exact) mass is 228 g/mol.